The smallest absolute Gasteiger partial charge is 0.340 e. The Bertz CT molecular complexity index is 838. The van der Waals surface area contributed by atoms with Crippen LogP contribution in [0.3, 0.4) is 0 Å². The summed E-state index contributed by atoms with van der Waals surface area (Å²) in [7, 11) is 0. The highest BCUT2D eigenvalue weighted by Gasteiger charge is 2.30. The molecule has 26 heavy (non-hydrogen) atoms. The number of nitrogens with one attached hydrogen (secondary N) is 1. The predicted octanol–water partition coefficient (Wildman–Crippen LogP) is 3.44. The van der Waals surface area contributed by atoms with Crippen molar-refractivity contribution in [3.8, 4) is 0 Å². The van der Waals surface area contributed by atoms with E-state index in [1.807, 2.05) is 13.0 Å². The lowest BCUT2D eigenvalue weighted by molar-refractivity contribution is 0.0525. The summed E-state index contributed by atoms with van der Waals surface area (Å²) in [6.07, 6.45) is 0.949. The molecule has 2 aromatic rings. The fourth-order valence-electron chi connectivity index (χ4n) is 3.73. The number of aryl methyl sites for hydroxylation is 1. The first-order valence-corrected chi connectivity index (χ1v) is 9.15. The van der Waals surface area contributed by atoms with Crippen molar-refractivity contribution in [2.75, 3.05) is 13.2 Å². The standard InChI is InChI=1S/C21H26N2O3/c1-5-26-21(25)18-13(2)19(22-14(18)3)20(24)15(4)23-11-10-16-8-6-7-9-17(16)12-23/h6-9,15,22H,5,10-12H2,1-4H3/t15-/m0/s1. The molecule has 0 amide bonds. The van der Waals surface area contributed by atoms with E-state index in [1.54, 1.807) is 20.8 Å². The highest BCUT2D eigenvalue weighted by molar-refractivity contribution is 6.03. The van der Waals surface area contributed by atoms with Gasteiger partial charge in [-0.3, -0.25) is 9.69 Å². The van der Waals surface area contributed by atoms with Crippen LogP contribution in [0.5, 0.6) is 0 Å². The Morgan fingerprint density at radius 1 is 1.23 bits per heavy atom. The predicted molar refractivity (Wildman–Crippen MR) is 101 cm³/mol. The van der Waals surface area contributed by atoms with Gasteiger partial charge in [-0.05, 0) is 50.8 Å². The van der Waals surface area contributed by atoms with Gasteiger partial charge in [0.05, 0.1) is 23.9 Å². The van der Waals surface area contributed by atoms with Crippen molar-refractivity contribution in [3.63, 3.8) is 0 Å². The molecule has 1 aliphatic rings. The van der Waals surface area contributed by atoms with Gasteiger partial charge in [-0.25, -0.2) is 4.79 Å². The normalized spacial score (nSPS) is 15.4. The first kappa shape index (κ1) is 18.4. The van der Waals surface area contributed by atoms with Gasteiger partial charge in [-0.2, -0.15) is 0 Å². The van der Waals surface area contributed by atoms with E-state index in [2.05, 4.69) is 28.1 Å². The van der Waals surface area contributed by atoms with E-state index >= 15 is 0 Å². The van der Waals surface area contributed by atoms with Gasteiger partial charge in [0.25, 0.3) is 0 Å². The summed E-state index contributed by atoms with van der Waals surface area (Å²) >= 11 is 0. The van der Waals surface area contributed by atoms with Crippen LogP contribution in [-0.4, -0.2) is 40.8 Å². The molecule has 0 saturated carbocycles. The zero-order valence-electron chi connectivity index (χ0n) is 15.9. The second-order valence-electron chi connectivity index (χ2n) is 6.87. The summed E-state index contributed by atoms with van der Waals surface area (Å²) in [5, 5.41) is 0. The molecule has 0 radical (unpaired) electrons. The van der Waals surface area contributed by atoms with Crippen molar-refractivity contribution in [2.45, 2.75) is 46.7 Å². The number of Topliss-reactive ketones (excluding diaryl/α,β-unsaturated/α-hetero) is 1. The Labute approximate surface area is 154 Å². The number of esters is 1. The van der Waals surface area contributed by atoms with Crippen LogP contribution >= 0.6 is 0 Å². The number of carbonyl (C=O) groups is 2. The molecule has 0 bridgehead atoms. The molecule has 1 atom stereocenters. The number of H-pyrrole nitrogens is 1. The van der Waals surface area contributed by atoms with Crippen LogP contribution in [0, 0.1) is 13.8 Å². The number of aromatic nitrogens is 1. The van der Waals surface area contributed by atoms with E-state index in [9.17, 15) is 9.59 Å². The van der Waals surface area contributed by atoms with E-state index in [0.717, 1.165) is 19.5 Å². The number of rotatable bonds is 5. The maximum absolute atomic E-state index is 13.1. The largest absolute Gasteiger partial charge is 0.462 e. The summed E-state index contributed by atoms with van der Waals surface area (Å²) in [5.74, 6) is -0.363. The average molecular weight is 354 g/mol. The lowest BCUT2D eigenvalue weighted by atomic mass is 9.97. The maximum atomic E-state index is 13.1. The minimum absolute atomic E-state index is 0.0144. The van der Waals surface area contributed by atoms with Crippen LogP contribution in [0.4, 0.5) is 0 Å². The number of benzene rings is 1. The second-order valence-corrected chi connectivity index (χ2v) is 6.87. The van der Waals surface area contributed by atoms with Gasteiger partial charge in [0.1, 0.15) is 0 Å². The van der Waals surface area contributed by atoms with Crippen molar-refractivity contribution < 1.29 is 14.3 Å². The molecule has 5 nitrogen and oxygen atoms in total. The molecule has 1 N–H and O–H groups in total. The summed E-state index contributed by atoms with van der Waals surface area (Å²) in [6.45, 7) is 9.27. The fourth-order valence-corrected chi connectivity index (χ4v) is 3.73. The first-order chi connectivity index (χ1) is 12.4. The number of fused-ring (bicyclic) bond motifs is 1. The van der Waals surface area contributed by atoms with Gasteiger partial charge in [-0.1, -0.05) is 24.3 Å². The van der Waals surface area contributed by atoms with Crippen molar-refractivity contribution in [3.05, 3.63) is 57.9 Å². The second kappa shape index (κ2) is 7.46. The highest BCUT2D eigenvalue weighted by Crippen LogP contribution is 2.24. The lowest BCUT2D eigenvalue weighted by Gasteiger charge is -2.32. The molecule has 1 aliphatic heterocycles. The molecule has 138 valence electrons. The molecule has 0 saturated heterocycles. The van der Waals surface area contributed by atoms with Gasteiger partial charge in [0.2, 0.25) is 0 Å². The Balaban J connectivity index is 1.82. The molecule has 5 heteroatoms. The topological polar surface area (TPSA) is 62.4 Å². The molecule has 0 spiro atoms. The quantitative estimate of drug-likeness (QED) is 0.660. The van der Waals surface area contributed by atoms with E-state index in [4.69, 9.17) is 4.74 Å². The van der Waals surface area contributed by atoms with Crippen LogP contribution in [-0.2, 0) is 17.7 Å². The number of nitrogens with zero attached hydrogens (tertiary/aromatic N) is 1. The summed E-state index contributed by atoms with van der Waals surface area (Å²) in [6, 6.07) is 8.13. The third-order valence-corrected chi connectivity index (χ3v) is 5.25. The molecule has 0 fully saturated rings. The Hall–Kier alpha value is -2.40. The zero-order chi connectivity index (χ0) is 18.8. The number of ether oxygens (including phenoxy) is 1. The molecule has 1 aromatic heterocycles. The van der Waals surface area contributed by atoms with Gasteiger partial charge in [-0.15, -0.1) is 0 Å². The third kappa shape index (κ3) is 3.31. The van der Waals surface area contributed by atoms with Gasteiger partial charge in [0, 0.05) is 18.8 Å². The SMILES string of the molecule is CCOC(=O)c1c(C)[nH]c(C(=O)[C@H](C)N2CCc3ccccc3C2)c1C. The van der Waals surface area contributed by atoms with Crippen molar-refractivity contribution in [1.82, 2.24) is 9.88 Å². The molecule has 2 heterocycles. The minimum atomic E-state index is -0.377. The van der Waals surface area contributed by atoms with Crippen LogP contribution in [0.1, 0.15) is 57.1 Å². The van der Waals surface area contributed by atoms with E-state index in [0.29, 0.717) is 29.1 Å². The average Bonchev–Trinajstić information content (AvgIpc) is 2.94. The van der Waals surface area contributed by atoms with E-state index in [-0.39, 0.29) is 17.8 Å². The molecular formula is C21H26N2O3. The fraction of sp³-hybridized carbons (Fsp3) is 0.429. The number of ketones is 1. The lowest BCUT2D eigenvalue weighted by Crippen LogP contribution is -2.42. The monoisotopic (exact) mass is 354 g/mol. The van der Waals surface area contributed by atoms with E-state index < -0.39 is 0 Å². The molecule has 3 rings (SSSR count). The van der Waals surface area contributed by atoms with Crippen LogP contribution in [0.25, 0.3) is 0 Å². The van der Waals surface area contributed by atoms with Crippen molar-refractivity contribution in [2.24, 2.45) is 0 Å². The van der Waals surface area contributed by atoms with Crippen molar-refractivity contribution in [1.29, 1.82) is 0 Å². The molecule has 1 aromatic carbocycles. The summed E-state index contributed by atoms with van der Waals surface area (Å²) in [5.41, 5.74) is 4.99. The minimum Gasteiger partial charge on any atom is -0.462 e. The number of hydrogen-bond donors (Lipinski definition) is 1. The van der Waals surface area contributed by atoms with Gasteiger partial charge in [0.15, 0.2) is 5.78 Å². The van der Waals surface area contributed by atoms with Gasteiger partial charge < -0.3 is 9.72 Å². The third-order valence-electron chi connectivity index (χ3n) is 5.25. The zero-order valence-corrected chi connectivity index (χ0v) is 15.9. The summed E-state index contributed by atoms with van der Waals surface area (Å²) < 4.78 is 5.12. The van der Waals surface area contributed by atoms with Crippen LogP contribution in [0.2, 0.25) is 0 Å². The van der Waals surface area contributed by atoms with Crippen LogP contribution in [0.15, 0.2) is 24.3 Å². The number of aromatic amines is 1. The Morgan fingerprint density at radius 3 is 2.62 bits per heavy atom. The first-order valence-electron chi connectivity index (χ1n) is 9.15. The molecular weight excluding hydrogens is 328 g/mol. The highest BCUT2D eigenvalue weighted by atomic mass is 16.5. The maximum Gasteiger partial charge on any atom is 0.340 e. The van der Waals surface area contributed by atoms with Gasteiger partial charge >= 0.3 is 5.97 Å². The molecule has 0 unspecified atom stereocenters. The Morgan fingerprint density at radius 2 is 1.92 bits per heavy atom. The number of carbonyl (C=O) groups excluding carboxylic acids is 2. The summed E-state index contributed by atoms with van der Waals surface area (Å²) in [4.78, 5) is 30.6. The van der Waals surface area contributed by atoms with Crippen molar-refractivity contribution >= 4 is 11.8 Å². The molecule has 0 aliphatic carbocycles. The van der Waals surface area contributed by atoms with E-state index in [1.165, 1.54) is 11.1 Å². The van der Waals surface area contributed by atoms with Crippen LogP contribution < -0.4 is 0 Å². The Kier molecular flexibility index (Phi) is 5.28. The number of hydrogen-bond acceptors (Lipinski definition) is 4.